The number of oxime groups is 1. The van der Waals surface area contributed by atoms with Gasteiger partial charge in [-0.25, -0.2) is 0 Å². The van der Waals surface area contributed by atoms with Crippen LogP contribution in [0.15, 0.2) is 53.9 Å². The van der Waals surface area contributed by atoms with Crippen LogP contribution in [0.4, 0.5) is 0 Å². The molecule has 0 amide bonds. The van der Waals surface area contributed by atoms with Crippen molar-refractivity contribution in [3.63, 3.8) is 0 Å². The third kappa shape index (κ3) is 3.55. The van der Waals surface area contributed by atoms with Gasteiger partial charge in [-0.15, -0.1) is 0 Å². The molecule has 3 heterocycles. The molecular weight excluding hydrogens is 334 g/mol. The maximum absolute atomic E-state index is 6.04. The molecule has 5 heteroatoms. The normalized spacial score (nSPS) is 24.2. The SMILES string of the molecule is CN1C2CCC1CC(=NOC(c1ccc(Cl)cc1)c1cccnc1)C2. The zero-order chi connectivity index (χ0) is 17.2. The second kappa shape index (κ2) is 7.14. The van der Waals surface area contributed by atoms with Gasteiger partial charge in [0.2, 0.25) is 0 Å². The van der Waals surface area contributed by atoms with Crippen LogP contribution in [0, 0.1) is 0 Å². The smallest absolute Gasteiger partial charge is 0.179 e. The van der Waals surface area contributed by atoms with Crippen molar-refractivity contribution >= 4 is 17.3 Å². The number of rotatable bonds is 4. The number of pyridine rings is 1. The molecule has 3 unspecified atom stereocenters. The first-order valence-electron chi connectivity index (χ1n) is 8.79. The first-order chi connectivity index (χ1) is 12.2. The highest BCUT2D eigenvalue weighted by Gasteiger charge is 2.37. The van der Waals surface area contributed by atoms with Crippen LogP contribution in [0.2, 0.25) is 5.02 Å². The number of aromatic nitrogens is 1. The molecule has 0 N–H and O–H groups in total. The number of piperidine rings is 1. The Morgan fingerprint density at radius 1 is 1.12 bits per heavy atom. The largest absolute Gasteiger partial charge is 0.383 e. The molecule has 130 valence electrons. The van der Waals surface area contributed by atoms with Gasteiger partial charge >= 0.3 is 0 Å². The maximum Gasteiger partial charge on any atom is 0.179 e. The molecule has 1 aromatic carbocycles. The Bertz CT molecular complexity index is 731. The number of hydrogen-bond donors (Lipinski definition) is 0. The van der Waals surface area contributed by atoms with Gasteiger partial charge < -0.3 is 4.84 Å². The van der Waals surface area contributed by atoms with Crippen molar-refractivity contribution in [2.75, 3.05) is 7.05 Å². The van der Waals surface area contributed by atoms with Crippen LogP contribution >= 0.6 is 11.6 Å². The van der Waals surface area contributed by atoms with Gasteiger partial charge in [0, 0.05) is 47.9 Å². The van der Waals surface area contributed by atoms with Gasteiger partial charge in [0.15, 0.2) is 6.10 Å². The van der Waals surface area contributed by atoms with E-state index in [9.17, 15) is 0 Å². The van der Waals surface area contributed by atoms with Gasteiger partial charge in [0.25, 0.3) is 0 Å². The molecule has 2 aliphatic heterocycles. The second-order valence-corrected chi connectivity index (χ2v) is 7.38. The quantitative estimate of drug-likeness (QED) is 0.760. The summed E-state index contributed by atoms with van der Waals surface area (Å²) in [6, 6.07) is 12.9. The standard InChI is InChI=1S/C20H22ClN3O/c1-24-18-8-9-19(24)12-17(11-18)23-25-20(15-3-2-10-22-13-15)14-4-6-16(21)7-5-14/h2-7,10,13,18-20H,8-9,11-12H2,1H3. The lowest BCUT2D eigenvalue weighted by Crippen LogP contribution is -2.40. The molecule has 0 saturated carbocycles. The van der Waals surface area contributed by atoms with Crippen molar-refractivity contribution in [1.82, 2.24) is 9.88 Å². The van der Waals surface area contributed by atoms with E-state index in [0.717, 1.165) is 24.0 Å². The highest BCUT2D eigenvalue weighted by atomic mass is 35.5. The van der Waals surface area contributed by atoms with Gasteiger partial charge in [-0.05, 0) is 43.7 Å². The molecule has 2 aliphatic rings. The van der Waals surface area contributed by atoms with Crippen LogP contribution in [-0.4, -0.2) is 34.7 Å². The van der Waals surface area contributed by atoms with Gasteiger partial charge in [0.1, 0.15) is 0 Å². The lowest BCUT2D eigenvalue weighted by molar-refractivity contribution is 0.0837. The number of nitrogens with zero attached hydrogens (tertiary/aromatic N) is 3. The lowest BCUT2D eigenvalue weighted by Gasteiger charge is -2.31. The van der Waals surface area contributed by atoms with Crippen LogP contribution < -0.4 is 0 Å². The molecule has 3 atom stereocenters. The summed E-state index contributed by atoms with van der Waals surface area (Å²) in [4.78, 5) is 12.8. The minimum absolute atomic E-state index is 0.268. The van der Waals surface area contributed by atoms with E-state index in [4.69, 9.17) is 16.4 Å². The van der Waals surface area contributed by atoms with E-state index in [-0.39, 0.29) is 6.10 Å². The van der Waals surface area contributed by atoms with Crippen molar-refractivity contribution in [2.24, 2.45) is 5.16 Å². The number of fused-ring (bicyclic) bond motifs is 2. The zero-order valence-electron chi connectivity index (χ0n) is 14.3. The molecule has 0 aliphatic carbocycles. The Morgan fingerprint density at radius 3 is 2.48 bits per heavy atom. The van der Waals surface area contributed by atoms with E-state index in [0.29, 0.717) is 17.1 Å². The van der Waals surface area contributed by atoms with Crippen LogP contribution in [0.25, 0.3) is 0 Å². The van der Waals surface area contributed by atoms with Crippen LogP contribution in [0.1, 0.15) is 42.9 Å². The summed E-state index contributed by atoms with van der Waals surface area (Å²) in [6.07, 6.45) is 7.88. The lowest BCUT2D eigenvalue weighted by atomic mass is 10.0. The molecule has 4 rings (SSSR count). The first-order valence-corrected chi connectivity index (χ1v) is 9.17. The number of halogens is 1. The van der Waals surface area contributed by atoms with E-state index in [1.165, 1.54) is 18.6 Å². The first kappa shape index (κ1) is 16.6. The molecular formula is C20H22ClN3O. The molecule has 2 fully saturated rings. The molecule has 2 aromatic rings. The number of benzene rings is 1. The Kier molecular flexibility index (Phi) is 4.73. The summed E-state index contributed by atoms with van der Waals surface area (Å²) in [7, 11) is 2.23. The van der Waals surface area contributed by atoms with Gasteiger partial charge in [-0.1, -0.05) is 35.0 Å². The fourth-order valence-corrected chi connectivity index (χ4v) is 4.02. The van der Waals surface area contributed by atoms with E-state index in [1.807, 2.05) is 42.6 Å². The highest BCUT2D eigenvalue weighted by molar-refractivity contribution is 6.30. The average Bonchev–Trinajstić information content (AvgIpc) is 2.85. The molecule has 2 bridgehead atoms. The topological polar surface area (TPSA) is 37.7 Å². The number of hydrogen-bond acceptors (Lipinski definition) is 4. The highest BCUT2D eigenvalue weighted by Crippen LogP contribution is 2.34. The third-order valence-corrected chi connectivity index (χ3v) is 5.63. The Balaban J connectivity index is 1.57. The predicted molar refractivity (Wildman–Crippen MR) is 99.9 cm³/mol. The fraction of sp³-hybridized carbons (Fsp3) is 0.400. The van der Waals surface area contributed by atoms with Crippen molar-refractivity contribution < 1.29 is 4.84 Å². The van der Waals surface area contributed by atoms with Crippen molar-refractivity contribution in [2.45, 2.75) is 43.9 Å². The predicted octanol–water partition coefficient (Wildman–Crippen LogP) is 4.45. The van der Waals surface area contributed by atoms with Crippen molar-refractivity contribution in [3.05, 3.63) is 64.9 Å². The monoisotopic (exact) mass is 355 g/mol. The Labute approximate surface area is 153 Å². The zero-order valence-corrected chi connectivity index (χ0v) is 15.1. The Hall–Kier alpha value is -1.91. The van der Waals surface area contributed by atoms with Gasteiger partial charge in [0.05, 0.1) is 5.71 Å². The summed E-state index contributed by atoms with van der Waals surface area (Å²) in [6.45, 7) is 0. The minimum atomic E-state index is -0.268. The summed E-state index contributed by atoms with van der Waals surface area (Å²) in [5.41, 5.74) is 3.19. The van der Waals surface area contributed by atoms with Gasteiger partial charge in [-0.2, -0.15) is 0 Å². The third-order valence-electron chi connectivity index (χ3n) is 5.37. The van der Waals surface area contributed by atoms with Crippen LogP contribution in [0.3, 0.4) is 0 Å². The summed E-state index contributed by atoms with van der Waals surface area (Å²) in [5.74, 6) is 0. The summed E-state index contributed by atoms with van der Waals surface area (Å²) < 4.78 is 0. The summed E-state index contributed by atoms with van der Waals surface area (Å²) >= 11 is 6.03. The van der Waals surface area contributed by atoms with Crippen LogP contribution in [-0.2, 0) is 4.84 Å². The minimum Gasteiger partial charge on any atom is -0.383 e. The molecule has 0 radical (unpaired) electrons. The fourth-order valence-electron chi connectivity index (χ4n) is 3.89. The molecule has 25 heavy (non-hydrogen) atoms. The molecule has 4 nitrogen and oxygen atoms in total. The van der Waals surface area contributed by atoms with E-state index in [2.05, 4.69) is 22.1 Å². The maximum atomic E-state index is 6.04. The van der Waals surface area contributed by atoms with Crippen molar-refractivity contribution in [3.8, 4) is 0 Å². The second-order valence-electron chi connectivity index (χ2n) is 6.94. The van der Waals surface area contributed by atoms with E-state index < -0.39 is 0 Å². The molecule has 1 aromatic heterocycles. The van der Waals surface area contributed by atoms with Gasteiger partial charge in [-0.3, -0.25) is 9.88 Å². The van der Waals surface area contributed by atoms with Crippen LogP contribution in [0.5, 0.6) is 0 Å². The van der Waals surface area contributed by atoms with E-state index in [1.54, 1.807) is 6.20 Å². The molecule has 2 saturated heterocycles. The van der Waals surface area contributed by atoms with Crippen molar-refractivity contribution in [1.29, 1.82) is 0 Å². The Morgan fingerprint density at radius 2 is 1.84 bits per heavy atom. The van der Waals surface area contributed by atoms with E-state index >= 15 is 0 Å². The summed E-state index contributed by atoms with van der Waals surface area (Å²) in [5, 5.41) is 5.28. The average molecular weight is 356 g/mol. The molecule has 0 spiro atoms.